The van der Waals surface area contributed by atoms with Crippen molar-refractivity contribution >= 4 is 11.9 Å². The molecule has 1 atom stereocenters. The molecule has 0 radical (unpaired) electrons. The van der Waals surface area contributed by atoms with Gasteiger partial charge in [0.15, 0.2) is 5.41 Å². The number of unbranched alkanes of at least 4 members (excludes halogenated alkanes) is 2. The molecule has 0 aliphatic heterocycles. The predicted octanol–water partition coefficient (Wildman–Crippen LogP) is 4.09. The lowest BCUT2D eigenvalue weighted by Gasteiger charge is -2.27. The summed E-state index contributed by atoms with van der Waals surface area (Å²) in [6.45, 7) is 1.93. The maximum Gasteiger partial charge on any atom is 0.323 e. The number of benzene rings is 1. The van der Waals surface area contributed by atoms with E-state index in [-0.39, 0.29) is 5.92 Å². The standard InChI is InChI=1S/C21H28O4/c1-16-18(13-9-5-8-12-17-10-6-4-7-11-17)14-15-21(16,19(22)24-2)20(23)25-3/h4,6-7,10-11,13,16H,5,8-9,12,14-15H2,1-3H3/b18-13+. The smallest absolute Gasteiger partial charge is 0.323 e. The van der Waals surface area contributed by atoms with Crippen LogP contribution in [0.1, 0.15) is 44.6 Å². The van der Waals surface area contributed by atoms with Crippen LogP contribution in [0.25, 0.3) is 0 Å². The van der Waals surface area contributed by atoms with Crippen LogP contribution in [0.5, 0.6) is 0 Å². The van der Waals surface area contributed by atoms with Crippen molar-refractivity contribution in [3.63, 3.8) is 0 Å². The SMILES string of the molecule is COC(=O)C1(C(=O)OC)CC/C(=C\CCCCc2ccccc2)C1C. The van der Waals surface area contributed by atoms with Crippen molar-refractivity contribution in [2.45, 2.75) is 45.4 Å². The number of aryl methyl sites for hydroxylation is 1. The van der Waals surface area contributed by atoms with Gasteiger partial charge in [0.25, 0.3) is 0 Å². The summed E-state index contributed by atoms with van der Waals surface area (Å²) in [5.74, 6) is -1.15. The first-order chi connectivity index (χ1) is 12.1. The summed E-state index contributed by atoms with van der Waals surface area (Å²) in [5, 5.41) is 0. The fraction of sp³-hybridized carbons (Fsp3) is 0.524. The van der Waals surface area contributed by atoms with Gasteiger partial charge in [-0.3, -0.25) is 9.59 Å². The molecule has 1 aliphatic carbocycles. The molecule has 0 amide bonds. The van der Waals surface area contributed by atoms with Crippen molar-refractivity contribution in [2.24, 2.45) is 11.3 Å². The summed E-state index contributed by atoms with van der Waals surface area (Å²) in [6, 6.07) is 10.5. The molecular formula is C21H28O4. The van der Waals surface area contributed by atoms with Gasteiger partial charge in [-0.25, -0.2) is 0 Å². The highest BCUT2D eigenvalue weighted by Crippen LogP contribution is 2.48. The Hall–Kier alpha value is -2.10. The van der Waals surface area contributed by atoms with E-state index >= 15 is 0 Å². The number of methoxy groups -OCH3 is 2. The van der Waals surface area contributed by atoms with E-state index in [4.69, 9.17) is 9.47 Å². The molecule has 0 aromatic heterocycles. The monoisotopic (exact) mass is 344 g/mol. The molecule has 0 bridgehead atoms. The number of ether oxygens (including phenoxy) is 2. The molecule has 1 saturated carbocycles. The lowest BCUT2D eigenvalue weighted by Crippen LogP contribution is -2.43. The van der Waals surface area contributed by atoms with Crippen molar-refractivity contribution in [1.29, 1.82) is 0 Å². The van der Waals surface area contributed by atoms with E-state index < -0.39 is 17.4 Å². The zero-order valence-corrected chi connectivity index (χ0v) is 15.4. The molecule has 4 nitrogen and oxygen atoms in total. The van der Waals surface area contributed by atoms with Crippen molar-refractivity contribution in [3.05, 3.63) is 47.5 Å². The molecule has 1 aliphatic rings. The number of esters is 2. The Morgan fingerprint density at radius 1 is 1.12 bits per heavy atom. The van der Waals surface area contributed by atoms with Crippen LogP contribution in [-0.4, -0.2) is 26.2 Å². The second-order valence-electron chi connectivity index (χ2n) is 6.69. The van der Waals surface area contributed by atoms with Crippen LogP contribution in [0.4, 0.5) is 0 Å². The number of rotatable bonds is 7. The molecule has 0 spiro atoms. The van der Waals surface area contributed by atoms with Crippen LogP contribution in [0.2, 0.25) is 0 Å². The first-order valence-electron chi connectivity index (χ1n) is 8.96. The highest BCUT2D eigenvalue weighted by Gasteiger charge is 2.56. The fourth-order valence-electron chi connectivity index (χ4n) is 3.78. The largest absolute Gasteiger partial charge is 0.468 e. The van der Waals surface area contributed by atoms with Gasteiger partial charge in [0.1, 0.15) is 0 Å². The van der Waals surface area contributed by atoms with Crippen molar-refractivity contribution in [3.8, 4) is 0 Å². The van der Waals surface area contributed by atoms with Crippen molar-refractivity contribution < 1.29 is 19.1 Å². The van der Waals surface area contributed by atoms with Crippen molar-refractivity contribution in [1.82, 2.24) is 0 Å². The van der Waals surface area contributed by atoms with E-state index in [1.165, 1.54) is 19.8 Å². The third-order valence-electron chi connectivity index (χ3n) is 5.37. The molecule has 2 rings (SSSR count). The van der Waals surface area contributed by atoms with Crippen LogP contribution in [0.15, 0.2) is 42.0 Å². The van der Waals surface area contributed by atoms with E-state index in [0.717, 1.165) is 37.7 Å². The van der Waals surface area contributed by atoms with Gasteiger partial charge in [-0.05, 0) is 44.1 Å². The lowest BCUT2D eigenvalue weighted by atomic mass is 9.77. The summed E-state index contributed by atoms with van der Waals surface area (Å²) >= 11 is 0. The molecule has 25 heavy (non-hydrogen) atoms. The molecule has 0 N–H and O–H groups in total. The van der Waals surface area contributed by atoms with Crippen LogP contribution in [-0.2, 0) is 25.5 Å². The predicted molar refractivity (Wildman–Crippen MR) is 96.9 cm³/mol. The van der Waals surface area contributed by atoms with Crippen LogP contribution < -0.4 is 0 Å². The molecule has 1 aromatic carbocycles. The van der Waals surface area contributed by atoms with E-state index in [1.807, 2.05) is 13.0 Å². The van der Waals surface area contributed by atoms with Gasteiger partial charge in [0.05, 0.1) is 14.2 Å². The molecular weight excluding hydrogens is 316 g/mol. The number of carbonyl (C=O) groups excluding carboxylic acids is 2. The van der Waals surface area contributed by atoms with Gasteiger partial charge in [0, 0.05) is 5.92 Å². The van der Waals surface area contributed by atoms with Gasteiger partial charge in [-0.15, -0.1) is 0 Å². The fourth-order valence-corrected chi connectivity index (χ4v) is 3.78. The van der Waals surface area contributed by atoms with Crippen LogP contribution in [0, 0.1) is 11.3 Å². The molecule has 0 heterocycles. The second-order valence-corrected chi connectivity index (χ2v) is 6.69. The minimum absolute atomic E-state index is 0.179. The Morgan fingerprint density at radius 2 is 1.76 bits per heavy atom. The van der Waals surface area contributed by atoms with E-state index in [9.17, 15) is 9.59 Å². The quantitative estimate of drug-likeness (QED) is 0.324. The number of carbonyl (C=O) groups is 2. The Bertz CT molecular complexity index is 602. The zero-order valence-electron chi connectivity index (χ0n) is 15.4. The summed E-state index contributed by atoms with van der Waals surface area (Å²) in [5.41, 5.74) is 1.34. The van der Waals surface area contributed by atoms with Crippen LogP contribution in [0.3, 0.4) is 0 Å². The third-order valence-corrected chi connectivity index (χ3v) is 5.37. The van der Waals surface area contributed by atoms with E-state index in [1.54, 1.807) is 0 Å². The minimum atomic E-state index is -1.18. The van der Waals surface area contributed by atoms with Gasteiger partial charge in [-0.2, -0.15) is 0 Å². The Labute approximate surface area is 150 Å². The maximum absolute atomic E-state index is 12.3. The summed E-state index contributed by atoms with van der Waals surface area (Å²) in [7, 11) is 2.65. The average molecular weight is 344 g/mol. The molecule has 136 valence electrons. The summed E-state index contributed by atoms with van der Waals surface area (Å²) in [6.07, 6.45) is 7.66. The molecule has 0 saturated heterocycles. The van der Waals surface area contributed by atoms with Gasteiger partial charge in [0.2, 0.25) is 0 Å². The summed E-state index contributed by atoms with van der Waals surface area (Å²) in [4.78, 5) is 24.6. The maximum atomic E-state index is 12.3. The Balaban J connectivity index is 1.93. The Morgan fingerprint density at radius 3 is 2.36 bits per heavy atom. The number of allylic oxidation sites excluding steroid dienone is 2. The molecule has 1 aromatic rings. The van der Waals surface area contributed by atoms with Crippen LogP contribution >= 0.6 is 0 Å². The van der Waals surface area contributed by atoms with Gasteiger partial charge >= 0.3 is 11.9 Å². The molecule has 1 fully saturated rings. The number of hydrogen-bond donors (Lipinski definition) is 0. The average Bonchev–Trinajstić information content (AvgIpc) is 2.98. The topological polar surface area (TPSA) is 52.6 Å². The molecule has 4 heteroatoms. The van der Waals surface area contributed by atoms with E-state index in [2.05, 4.69) is 30.3 Å². The Kier molecular flexibility index (Phi) is 6.80. The molecule has 1 unspecified atom stereocenters. The van der Waals surface area contributed by atoms with Gasteiger partial charge in [-0.1, -0.05) is 48.9 Å². The lowest BCUT2D eigenvalue weighted by molar-refractivity contribution is -0.171. The summed E-state index contributed by atoms with van der Waals surface area (Å²) < 4.78 is 9.81. The van der Waals surface area contributed by atoms with Gasteiger partial charge < -0.3 is 9.47 Å². The first-order valence-corrected chi connectivity index (χ1v) is 8.96. The normalized spacial score (nSPS) is 20.4. The highest BCUT2D eigenvalue weighted by atomic mass is 16.5. The van der Waals surface area contributed by atoms with E-state index in [0.29, 0.717) is 6.42 Å². The number of hydrogen-bond acceptors (Lipinski definition) is 4. The second kappa shape index (κ2) is 8.84. The van der Waals surface area contributed by atoms with Crippen molar-refractivity contribution in [2.75, 3.05) is 14.2 Å². The highest BCUT2D eigenvalue weighted by molar-refractivity contribution is 6.01. The first kappa shape index (κ1) is 19.2. The third kappa shape index (κ3) is 4.12. The zero-order chi connectivity index (χ0) is 18.3. The minimum Gasteiger partial charge on any atom is -0.468 e.